The molecular weight excluding hydrogens is 372 g/mol. The third-order valence-electron chi connectivity index (χ3n) is 10.0. The van der Waals surface area contributed by atoms with E-state index in [4.69, 9.17) is 0 Å². The van der Waals surface area contributed by atoms with Crippen LogP contribution in [-0.2, 0) is 4.79 Å². The monoisotopic (exact) mass is 416 g/mol. The fraction of sp³-hybridized carbons (Fsp3) is 0.889. The van der Waals surface area contributed by atoms with Gasteiger partial charge in [-0.1, -0.05) is 45.8 Å². The normalized spacial score (nSPS) is 44.5. The summed E-state index contributed by atoms with van der Waals surface area (Å²) in [5, 5.41) is 21.0. The standard InChI is InChI=1S/C27H44O3/c1-16(2)14-18(28)15-17(3)20-8-9-21-19-6-7-23-25(30)24(29)11-13-27(23,5)22(19)10-12-26(20,21)4/h16-17,20-21,23-25,29-30H,6-15H2,1-5H3/t17?,20-,21+,23?,24+,25-,26-,27-/m1/s1. The van der Waals surface area contributed by atoms with E-state index in [1.807, 2.05) is 0 Å². The zero-order valence-corrected chi connectivity index (χ0v) is 19.9. The van der Waals surface area contributed by atoms with Gasteiger partial charge < -0.3 is 10.2 Å². The maximum absolute atomic E-state index is 12.5. The van der Waals surface area contributed by atoms with Crippen molar-refractivity contribution in [3.8, 4) is 0 Å². The Kier molecular flexibility index (Phi) is 6.03. The molecule has 0 aromatic heterocycles. The first kappa shape index (κ1) is 22.5. The summed E-state index contributed by atoms with van der Waals surface area (Å²) >= 11 is 0. The van der Waals surface area contributed by atoms with Gasteiger partial charge in [0.15, 0.2) is 0 Å². The molecule has 2 fully saturated rings. The molecule has 3 heteroatoms. The number of hydrogen-bond acceptors (Lipinski definition) is 3. The van der Waals surface area contributed by atoms with Gasteiger partial charge >= 0.3 is 0 Å². The van der Waals surface area contributed by atoms with Crippen molar-refractivity contribution < 1.29 is 15.0 Å². The van der Waals surface area contributed by atoms with E-state index in [1.54, 1.807) is 11.1 Å². The third kappa shape index (κ3) is 3.52. The number of carbonyl (C=O) groups excluding carboxylic acids is 1. The Morgan fingerprint density at radius 1 is 1.00 bits per heavy atom. The summed E-state index contributed by atoms with van der Waals surface area (Å²) in [6.07, 6.45) is 9.15. The second-order valence-electron chi connectivity index (χ2n) is 12.2. The van der Waals surface area contributed by atoms with E-state index < -0.39 is 12.2 Å². The molecule has 170 valence electrons. The zero-order chi connectivity index (χ0) is 21.8. The number of Topliss-reactive ketones (excluding diaryl/α,β-unsaturated/α-hetero) is 1. The van der Waals surface area contributed by atoms with E-state index in [2.05, 4.69) is 34.6 Å². The molecule has 4 aliphatic carbocycles. The quantitative estimate of drug-likeness (QED) is 0.567. The van der Waals surface area contributed by atoms with Gasteiger partial charge in [-0.2, -0.15) is 0 Å². The Labute approximate surface area is 183 Å². The molecular formula is C27H44O3. The minimum absolute atomic E-state index is 0.0739. The van der Waals surface area contributed by atoms with E-state index >= 15 is 0 Å². The molecule has 2 saturated carbocycles. The van der Waals surface area contributed by atoms with Crippen LogP contribution in [0.5, 0.6) is 0 Å². The van der Waals surface area contributed by atoms with Crippen molar-refractivity contribution in [1.82, 2.24) is 0 Å². The first-order valence-corrected chi connectivity index (χ1v) is 12.7. The second kappa shape index (κ2) is 8.03. The lowest BCUT2D eigenvalue weighted by Crippen LogP contribution is -2.52. The Morgan fingerprint density at radius 2 is 1.73 bits per heavy atom. The van der Waals surface area contributed by atoms with Crippen LogP contribution in [0.4, 0.5) is 0 Å². The summed E-state index contributed by atoms with van der Waals surface area (Å²) < 4.78 is 0. The molecule has 4 rings (SSSR count). The minimum Gasteiger partial charge on any atom is -0.390 e. The number of hydrogen-bond donors (Lipinski definition) is 2. The highest BCUT2D eigenvalue weighted by Crippen LogP contribution is 2.65. The van der Waals surface area contributed by atoms with Crippen LogP contribution in [0.2, 0.25) is 0 Å². The van der Waals surface area contributed by atoms with Crippen LogP contribution in [0.3, 0.4) is 0 Å². The highest BCUT2D eigenvalue weighted by atomic mass is 16.3. The molecule has 0 amide bonds. The van der Waals surface area contributed by atoms with E-state index in [1.165, 1.54) is 19.3 Å². The first-order chi connectivity index (χ1) is 14.1. The topological polar surface area (TPSA) is 57.5 Å². The Bertz CT molecular complexity index is 709. The summed E-state index contributed by atoms with van der Waals surface area (Å²) in [6, 6.07) is 0. The highest BCUT2D eigenvalue weighted by Gasteiger charge is 2.57. The zero-order valence-electron chi connectivity index (χ0n) is 19.9. The first-order valence-electron chi connectivity index (χ1n) is 12.7. The average molecular weight is 417 g/mol. The van der Waals surface area contributed by atoms with Gasteiger partial charge in [-0.05, 0) is 91.8 Å². The molecule has 30 heavy (non-hydrogen) atoms. The lowest BCUT2D eigenvalue weighted by molar-refractivity contribution is -0.121. The van der Waals surface area contributed by atoms with Crippen LogP contribution in [0.1, 0.15) is 98.8 Å². The van der Waals surface area contributed by atoms with Gasteiger partial charge in [-0.15, -0.1) is 0 Å². The van der Waals surface area contributed by atoms with Gasteiger partial charge in [-0.3, -0.25) is 4.79 Å². The summed E-state index contributed by atoms with van der Waals surface area (Å²) in [5.41, 5.74) is 3.77. The minimum atomic E-state index is -0.561. The molecule has 2 unspecified atom stereocenters. The van der Waals surface area contributed by atoms with Gasteiger partial charge in [0.25, 0.3) is 0 Å². The summed E-state index contributed by atoms with van der Waals surface area (Å²) in [7, 11) is 0. The summed E-state index contributed by atoms with van der Waals surface area (Å²) in [4.78, 5) is 12.5. The van der Waals surface area contributed by atoms with Crippen LogP contribution < -0.4 is 0 Å². The average Bonchev–Trinajstić information content (AvgIpc) is 3.01. The molecule has 0 radical (unpaired) electrons. The molecule has 0 aromatic rings. The second-order valence-corrected chi connectivity index (χ2v) is 12.2. The molecule has 0 aliphatic heterocycles. The smallest absolute Gasteiger partial charge is 0.133 e. The molecule has 0 heterocycles. The molecule has 0 bridgehead atoms. The van der Waals surface area contributed by atoms with Crippen LogP contribution >= 0.6 is 0 Å². The summed E-state index contributed by atoms with van der Waals surface area (Å²) in [5.74, 6) is 2.91. The lowest BCUT2D eigenvalue weighted by atomic mass is 9.50. The molecule has 0 saturated heterocycles. The number of rotatable bonds is 5. The molecule has 2 N–H and O–H groups in total. The predicted molar refractivity (Wildman–Crippen MR) is 121 cm³/mol. The van der Waals surface area contributed by atoms with Gasteiger partial charge in [0, 0.05) is 12.8 Å². The number of fused-ring (bicyclic) bond motifs is 4. The van der Waals surface area contributed by atoms with Gasteiger partial charge in [-0.25, -0.2) is 0 Å². The Balaban J connectivity index is 1.56. The van der Waals surface area contributed by atoms with E-state index in [9.17, 15) is 15.0 Å². The van der Waals surface area contributed by atoms with Crippen molar-refractivity contribution in [2.75, 3.05) is 0 Å². The highest BCUT2D eigenvalue weighted by molar-refractivity contribution is 5.78. The molecule has 3 nitrogen and oxygen atoms in total. The van der Waals surface area contributed by atoms with Crippen molar-refractivity contribution in [3.63, 3.8) is 0 Å². The van der Waals surface area contributed by atoms with Crippen molar-refractivity contribution >= 4 is 5.78 Å². The number of aliphatic hydroxyl groups excluding tert-OH is 2. The van der Waals surface area contributed by atoms with Crippen molar-refractivity contribution in [3.05, 3.63) is 11.1 Å². The van der Waals surface area contributed by atoms with Gasteiger partial charge in [0.05, 0.1) is 12.2 Å². The number of ketones is 1. The van der Waals surface area contributed by atoms with E-state index in [0.717, 1.165) is 44.9 Å². The Morgan fingerprint density at radius 3 is 2.43 bits per heavy atom. The van der Waals surface area contributed by atoms with E-state index in [0.29, 0.717) is 34.9 Å². The van der Waals surface area contributed by atoms with Crippen molar-refractivity contribution in [2.45, 2.75) is 111 Å². The number of carbonyl (C=O) groups is 1. The van der Waals surface area contributed by atoms with Crippen LogP contribution in [0.15, 0.2) is 11.1 Å². The molecule has 0 aromatic carbocycles. The fourth-order valence-corrected chi connectivity index (χ4v) is 8.54. The van der Waals surface area contributed by atoms with Crippen LogP contribution in [0, 0.1) is 40.4 Å². The van der Waals surface area contributed by atoms with Crippen molar-refractivity contribution in [2.24, 2.45) is 40.4 Å². The van der Waals surface area contributed by atoms with Gasteiger partial charge in [0.2, 0.25) is 0 Å². The van der Waals surface area contributed by atoms with Crippen LogP contribution in [-0.4, -0.2) is 28.2 Å². The number of allylic oxidation sites excluding steroid dienone is 2. The molecule has 4 aliphatic rings. The largest absolute Gasteiger partial charge is 0.390 e. The Hall–Kier alpha value is -0.670. The molecule has 8 atom stereocenters. The maximum Gasteiger partial charge on any atom is 0.133 e. The lowest BCUT2D eigenvalue weighted by Gasteiger charge is -2.56. The fourth-order valence-electron chi connectivity index (χ4n) is 8.54. The van der Waals surface area contributed by atoms with Crippen LogP contribution in [0.25, 0.3) is 0 Å². The SMILES string of the molecule is CC(C)CC(=O)CC(C)[C@H]1CC[C@H]2C3=C(CC[C@]12C)[C@@]1(C)CC[C@H](O)[C@H](O)C1CC3. The van der Waals surface area contributed by atoms with Crippen molar-refractivity contribution in [1.29, 1.82) is 0 Å². The van der Waals surface area contributed by atoms with E-state index in [-0.39, 0.29) is 11.3 Å². The maximum atomic E-state index is 12.5. The summed E-state index contributed by atoms with van der Waals surface area (Å²) in [6.45, 7) is 11.5. The third-order valence-corrected chi connectivity index (χ3v) is 10.0. The number of aliphatic hydroxyl groups is 2. The molecule has 0 spiro atoms. The predicted octanol–water partition coefficient (Wildman–Crippen LogP) is 5.68. The van der Waals surface area contributed by atoms with Gasteiger partial charge in [0.1, 0.15) is 5.78 Å².